The quantitative estimate of drug-likeness (QED) is 0.413. The van der Waals surface area contributed by atoms with Crippen LogP contribution in [0.2, 0.25) is 0 Å². The van der Waals surface area contributed by atoms with Crippen molar-refractivity contribution in [3.05, 3.63) is 75.8 Å². The van der Waals surface area contributed by atoms with Crippen molar-refractivity contribution in [1.29, 1.82) is 0 Å². The number of carbonyl (C=O) groups excluding carboxylic acids is 2. The number of carbonyl (C=O) groups is 3. The van der Waals surface area contributed by atoms with Crippen molar-refractivity contribution in [3.8, 4) is 0 Å². The van der Waals surface area contributed by atoms with E-state index in [-0.39, 0.29) is 36.0 Å². The molecule has 158 valence electrons. The lowest BCUT2D eigenvalue weighted by Crippen LogP contribution is -2.41. The number of nitro groups is 1. The minimum absolute atomic E-state index is 0.0225. The van der Waals surface area contributed by atoms with E-state index in [4.69, 9.17) is 5.11 Å². The Balaban J connectivity index is 1.98. The molecule has 8 nitrogen and oxygen atoms in total. The van der Waals surface area contributed by atoms with Crippen LogP contribution in [0.25, 0.3) is 0 Å². The number of nitrogens with zero attached hydrogens (tertiary/aromatic N) is 1. The highest BCUT2D eigenvalue weighted by Crippen LogP contribution is 2.19. The normalized spacial score (nSPS) is 11.5. The van der Waals surface area contributed by atoms with Crippen LogP contribution in [0.4, 0.5) is 5.69 Å². The third-order valence-electron chi connectivity index (χ3n) is 4.23. The maximum absolute atomic E-state index is 12.8. The fourth-order valence-electron chi connectivity index (χ4n) is 2.68. The predicted octanol–water partition coefficient (Wildman–Crippen LogP) is 3.34. The third-order valence-corrected chi connectivity index (χ3v) is 5.27. The van der Waals surface area contributed by atoms with E-state index >= 15 is 0 Å². The largest absolute Gasteiger partial charge is 0.481 e. The zero-order valence-electron chi connectivity index (χ0n) is 16.2. The van der Waals surface area contributed by atoms with Gasteiger partial charge in [0.05, 0.1) is 4.92 Å². The number of amides is 1. The molecule has 0 aliphatic heterocycles. The molecule has 0 spiro atoms. The van der Waals surface area contributed by atoms with E-state index < -0.39 is 16.9 Å². The molecule has 0 unspecified atom stereocenters. The van der Waals surface area contributed by atoms with Crippen LogP contribution in [0.5, 0.6) is 0 Å². The molecule has 30 heavy (non-hydrogen) atoms. The molecule has 0 fully saturated rings. The molecule has 1 atom stereocenters. The molecular formula is C21H22N2O6S. The van der Waals surface area contributed by atoms with Crippen molar-refractivity contribution in [2.24, 2.45) is 0 Å². The summed E-state index contributed by atoms with van der Waals surface area (Å²) in [6.45, 7) is 0. The lowest BCUT2D eigenvalue weighted by Gasteiger charge is -2.17. The molecule has 2 aromatic rings. The Kier molecular flexibility index (Phi) is 9.02. The van der Waals surface area contributed by atoms with Crippen LogP contribution in [0.15, 0.2) is 54.6 Å². The first-order valence-electron chi connectivity index (χ1n) is 9.30. The summed E-state index contributed by atoms with van der Waals surface area (Å²) >= 11 is 1.02. The molecule has 0 radical (unpaired) electrons. The predicted molar refractivity (Wildman–Crippen MR) is 113 cm³/mol. The molecule has 0 saturated heterocycles. The first-order chi connectivity index (χ1) is 14.3. The minimum Gasteiger partial charge on any atom is -0.481 e. The zero-order chi connectivity index (χ0) is 21.9. The fraction of sp³-hybridized carbons (Fsp3) is 0.286. The second-order valence-corrected chi connectivity index (χ2v) is 7.57. The van der Waals surface area contributed by atoms with Gasteiger partial charge in [-0.05, 0) is 17.5 Å². The minimum atomic E-state index is -0.974. The number of thioether (sulfide) groups is 1. The Morgan fingerprint density at radius 3 is 2.27 bits per heavy atom. The topological polar surface area (TPSA) is 127 Å². The van der Waals surface area contributed by atoms with Crippen molar-refractivity contribution in [1.82, 2.24) is 5.32 Å². The lowest BCUT2D eigenvalue weighted by atomic mass is 10.1. The summed E-state index contributed by atoms with van der Waals surface area (Å²) in [7, 11) is 0. The number of benzene rings is 2. The van der Waals surface area contributed by atoms with E-state index in [9.17, 15) is 24.5 Å². The fourth-order valence-corrected chi connectivity index (χ4v) is 3.52. The van der Waals surface area contributed by atoms with Crippen molar-refractivity contribution < 1.29 is 24.4 Å². The van der Waals surface area contributed by atoms with Gasteiger partial charge >= 0.3 is 5.97 Å². The number of carboxylic acid groups (broad SMARTS) is 1. The highest BCUT2D eigenvalue weighted by atomic mass is 32.2. The number of aliphatic carboxylic acids is 1. The molecule has 0 aliphatic rings. The van der Waals surface area contributed by atoms with Crippen molar-refractivity contribution in [2.45, 2.75) is 37.5 Å². The molecule has 2 aromatic carbocycles. The smallest absolute Gasteiger partial charge is 0.303 e. The van der Waals surface area contributed by atoms with E-state index in [1.54, 1.807) is 12.1 Å². The van der Waals surface area contributed by atoms with E-state index in [0.29, 0.717) is 12.2 Å². The average Bonchev–Trinajstić information content (AvgIpc) is 2.72. The molecule has 1 amide bonds. The Labute approximate surface area is 177 Å². The highest BCUT2D eigenvalue weighted by molar-refractivity contribution is 8.13. The second-order valence-electron chi connectivity index (χ2n) is 6.59. The Bertz CT molecular complexity index is 886. The third kappa shape index (κ3) is 8.04. The Morgan fingerprint density at radius 1 is 1.00 bits per heavy atom. The first kappa shape index (κ1) is 23.1. The zero-order valence-corrected chi connectivity index (χ0v) is 17.0. The summed E-state index contributed by atoms with van der Waals surface area (Å²) < 4.78 is 0. The average molecular weight is 430 g/mol. The number of nitro benzene ring substituents is 1. The molecule has 0 aliphatic carbocycles. The Hall–Kier alpha value is -3.20. The maximum Gasteiger partial charge on any atom is 0.303 e. The highest BCUT2D eigenvalue weighted by Gasteiger charge is 2.22. The van der Waals surface area contributed by atoms with Crippen LogP contribution in [-0.4, -0.2) is 33.1 Å². The number of rotatable bonds is 11. The van der Waals surface area contributed by atoms with Gasteiger partial charge in [-0.25, -0.2) is 0 Å². The molecule has 2 rings (SSSR count). The number of carboxylic acids is 1. The van der Waals surface area contributed by atoms with E-state index in [1.807, 2.05) is 30.3 Å². The summed E-state index contributed by atoms with van der Waals surface area (Å²) in [5, 5.41) is 21.9. The summed E-state index contributed by atoms with van der Waals surface area (Å²) in [6.07, 6.45) is 0.429. The summed E-state index contributed by atoms with van der Waals surface area (Å²) in [4.78, 5) is 45.8. The lowest BCUT2D eigenvalue weighted by molar-refractivity contribution is -0.384. The van der Waals surface area contributed by atoms with Crippen LogP contribution < -0.4 is 5.32 Å². The molecular weight excluding hydrogens is 408 g/mol. The molecule has 9 heteroatoms. The van der Waals surface area contributed by atoms with Gasteiger partial charge in [-0.15, -0.1) is 0 Å². The van der Waals surface area contributed by atoms with Crippen molar-refractivity contribution in [2.75, 3.05) is 0 Å². The molecule has 0 aromatic heterocycles. The first-order valence-corrected chi connectivity index (χ1v) is 10.3. The van der Waals surface area contributed by atoms with Crippen molar-refractivity contribution >= 4 is 34.4 Å². The van der Waals surface area contributed by atoms with Crippen LogP contribution in [-0.2, 0) is 26.6 Å². The summed E-state index contributed by atoms with van der Waals surface area (Å²) in [6, 6.07) is 14.4. The van der Waals surface area contributed by atoms with Crippen LogP contribution in [0.3, 0.4) is 0 Å². The summed E-state index contributed by atoms with van der Waals surface area (Å²) in [5.41, 5.74) is 1.62. The number of nitrogens with one attached hydrogen (secondary N) is 1. The molecule has 0 bridgehead atoms. The second kappa shape index (κ2) is 11.7. The van der Waals surface area contributed by atoms with Gasteiger partial charge in [0, 0.05) is 37.1 Å². The molecule has 0 saturated carbocycles. The van der Waals surface area contributed by atoms with Gasteiger partial charge in [0.2, 0.25) is 11.0 Å². The SMILES string of the molecule is O=C(O)CCCC(=O)N[C@@H](Cc1ccccc1)C(=O)SCc1ccc([N+](=O)[O-])cc1. The van der Waals surface area contributed by atoms with Crippen LogP contribution in [0.1, 0.15) is 30.4 Å². The van der Waals surface area contributed by atoms with Gasteiger partial charge in [-0.2, -0.15) is 0 Å². The maximum atomic E-state index is 12.8. The van der Waals surface area contributed by atoms with Crippen LogP contribution in [0, 0.1) is 10.1 Å². The number of hydrogen-bond acceptors (Lipinski definition) is 6. The number of non-ortho nitro benzene ring substituents is 1. The van der Waals surface area contributed by atoms with Gasteiger partial charge in [-0.1, -0.05) is 54.2 Å². The van der Waals surface area contributed by atoms with Crippen molar-refractivity contribution in [3.63, 3.8) is 0 Å². The van der Waals surface area contributed by atoms with Gasteiger partial charge in [0.1, 0.15) is 6.04 Å². The van der Waals surface area contributed by atoms with Crippen LogP contribution >= 0.6 is 11.8 Å². The van der Waals surface area contributed by atoms with E-state index in [2.05, 4.69) is 5.32 Å². The standard InChI is InChI=1S/C21H22N2O6S/c24-19(7-4-8-20(25)26)22-18(13-15-5-2-1-3-6-15)21(27)30-14-16-9-11-17(12-10-16)23(28)29/h1-3,5-6,9-12,18H,4,7-8,13-14H2,(H,22,24)(H,25,26)/t18-/m0/s1. The van der Waals surface area contributed by atoms with Gasteiger partial charge in [0.25, 0.3) is 5.69 Å². The molecule has 2 N–H and O–H groups in total. The molecule has 0 heterocycles. The van der Waals surface area contributed by atoms with Gasteiger partial charge in [-0.3, -0.25) is 24.5 Å². The Morgan fingerprint density at radius 2 is 1.67 bits per heavy atom. The van der Waals surface area contributed by atoms with Gasteiger partial charge < -0.3 is 10.4 Å². The van der Waals surface area contributed by atoms with E-state index in [1.165, 1.54) is 12.1 Å². The monoisotopic (exact) mass is 430 g/mol. The van der Waals surface area contributed by atoms with E-state index in [0.717, 1.165) is 22.9 Å². The summed E-state index contributed by atoms with van der Waals surface area (Å²) in [5.74, 6) is -1.03. The van der Waals surface area contributed by atoms with Gasteiger partial charge in [0.15, 0.2) is 0 Å². The number of hydrogen-bond donors (Lipinski definition) is 2.